The minimum atomic E-state index is 0.220. The second-order valence-electron chi connectivity index (χ2n) is 4.32. The number of aromatic nitrogens is 2. The highest BCUT2D eigenvalue weighted by molar-refractivity contribution is 7.99. The Morgan fingerprint density at radius 2 is 1.89 bits per heavy atom. The highest BCUT2D eigenvalue weighted by Crippen LogP contribution is 2.34. The van der Waals surface area contributed by atoms with Gasteiger partial charge >= 0.3 is 0 Å². The summed E-state index contributed by atoms with van der Waals surface area (Å²) in [5, 5.41) is 2.04. The van der Waals surface area contributed by atoms with E-state index in [-0.39, 0.29) is 5.92 Å². The van der Waals surface area contributed by atoms with Gasteiger partial charge in [0.1, 0.15) is 16.7 Å². The largest absolute Gasteiger partial charge is 0.384 e. The van der Waals surface area contributed by atoms with Crippen LogP contribution < -0.4 is 5.73 Å². The average molecular weight is 314 g/mol. The van der Waals surface area contributed by atoms with Crippen LogP contribution in [-0.4, -0.2) is 9.97 Å². The average Bonchev–Trinajstić information content (AvgIpc) is 2.33. The van der Waals surface area contributed by atoms with Crippen molar-refractivity contribution in [1.29, 1.82) is 0 Å². The molecular weight excluding hydrogens is 301 g/mol. The van der Waals surface area contributed by atoms with E-state index in [1.54, 1.807) is 18.2 Å². The van der Waals surface area contributed by atoms with Crippen LogP contribution in [0, 0.1) is 0 Å². The van der Waals surface area contributed by atoms with Gasteiger partial charge in [-0.15, -0.1) is 0 Å². The third-order valence-electron chi connectivity index (χ3n) is 2.36. The molecule has 1 heterocycles. The van der Waals surface area contributed by atoms with Crippen LogP contribution in [0.3, 0.4) is 0 Å². The summed E-state index contributed by atoms with van der Waals surface area (Å²) in [7, 11) is 0. The molecule has 0 fully saturated rings. The molecule has 0 amide bonds. The van der Waals surface area contributed by atoms with Gasteiger partial charge < -0.3 is 5.73 Å². The molecule has 0 saturated carbocycles. The van der Waals surface area contributed by atoms with Crippen molar-refractivity contribution < 1.29 is 0 Å². The summed E-state index contributed by atoms with van der Waals surface area (Å²) in [5.41, 5.74) is 5.80. The van der Waals surface area contributed by atoms with Gasteiger partial charge in [-0.25, -0.2) is 9.97 Å². The van der Waals surface area contributed by atoms with Crippen molar-refractivity contribution in [3.63, 3.8) is 0 Å². The molecule has 0 saturated heterocycles. The number of anilines is 1. The molecule has 2 rings (SSSR count). The first-order chi connectivity index (χ1) is 8.95. The molecule has 0 aliphatic heterocycles. The lowest BCUT2D eigenvalue weighted by Gasteiger charge is -2.08. The fraction of sp³-hybridized carbons (Fsp3) is 0.231. The lowest BCUT2D eigenvalue weighted by molar-refractivity contribution is 0.756. The van der Waals surface area contributed by atoms with Gasteiger partial charge in [0.15, 0.2) is 0 Å². The van der Waals surface area contributed by atoms with Gasteiger partial charge in [-0.05, 0) is 18.2 Å². The van der Waals surface area contributed by atoms with Crippen molar-refractivity contribution in [2.24, 2.45) is 0 Å². The van der Waals surface area contributed by atoms with Gasteiger partial charge in [0.25, 0.3) is 0 Å². The number of rotatable bonds is 3. The number of benzene rings is 1. The predicted molar refractivity (Wildman–Crippen MR) is 81.1 cm³/mol. The van der Waals surface area contributed by atoms with Crippen LogP contribution in [0.5, 0.6) is 0 Å². The van der Waals surface area contributed by atoms with Crippen LogP contribution in [0.1, 0.15) is 25.6 Å². The Bertz CT molecular complexity index is 602. The Labute approximate surface area is 126 Å². The smallest absolute Gasteiger partial charge is 0.134 e. The quantitative estimate of drug-likeness (QED) is 0.839. The molecule has 100 valence electrons. The Balaban J connectivity index is 2.35. The van der Waals surface area contributed by atoms with Crippen LogP contribution in [-0.2, 0) is 0 Å². The fourth-order valence-electron chi connectivity index (χ4n) is 1.44. The van der Waals surface area contributed by atoms with Gasteiger partial charge in [-0.1, -0.05) is 48.8 Å². The third kappa shape index (κ3) is 3.75. The van der Waals surface area contributed by atoms with E-state index >= 15 is 0 Å². The molecule has 0 unspecified atom stereocenters. The second kappa shape index (κ2) is 5.99. The maximum absolute atomic E-state index is 6.13. The summed E-state index contributed by atoms with van der Waals surface area (Å²) < 4.78 is 0. The zero-order chi connectivity index (χ0) is 14.0. The summed E-state index contributed by atoms with van der Waals surface area (Å²) in [6.07, 6.45) is 0. The molecule has 2 N–H and O–H groups in total. The maximum Gasteiger partial charge on any atom is 0.134 e. The summed E-state index contributed by atoms with van der Waals surface area (Å²) in [6.45, 7) is 4.05. The zero-order valence-electron chi connectivity index (χ0n) is 10.5. The predicted octanol–water partition coefficient (Wildman–Crippen LogP) is 4.64. The van der Waals surface area contributed by atoms with E-state index in [1.165, 1.54) is 11.8 Å². The van der Waals surface area contributed by atoms with Gasteiger partial charge in [-0.3, -0.25) is 0 Å². The number of nitrogen functional groups attached to an aromatic ring is 1. The van der Waals surface area contributed by atoms with E-state index in [0.717, 1.165) is 15.7 Å². The molecule has 19 heavy (non-hydrogen) atoms. The SMILES string of the molecule is CC(C)c1nc(N)cc(Sc2cc(Cl)ccc2Cl)n1. The van der Waals surface area contributed by atoms with Crippen molar-refractivity contribution >= 4 is 40.8 Å². The molecule has 0 atom stereocenters. The number of nitrogens with zero attached hydrogens (tertiary/aromatic N) is 2. The van der Waals surface area contributed by atoms with Crippen LogP contribution in [0.15, 0.2) is 34.2 Å². The van der Waals surface area contributed by atoms with Crippen LogP contribution >= 0.6 is 35.0 Å². The highest BCUT2D eigenvalue weighted by atomic mass is 35.5. The lowest BCUT2D eigenvalue weighted by atomic mass is 10.2. The van der Waals surface area contributed by atoms with E-state index in [4.69, 9.17) is 28.9 Å². The van der Waals surface area contributed by atoms with Crippen LogP contribution in [0.2, 0.25) is 10.0 Å². The highest BCUT2D eigenvalue weighted by Gasteiger charge is 2.10. The minimum absolute atomic E-state index is 0.220. The first-order valence-electron chi connectivity index (χ1n) is 5.73. The van der Waals surface area contributed by atoms with Crippen LogP contribution in [0.4, 0.5) is 5.82 Å². The van der Waals surface area contributed by atoms with Crippen molar-refractivity contribution in [3.05, 3.63) is 40.1 Å². The molecule has 3 nitrogen and oxygen atoms in total. The first kappa shape index (κ1) is 14.4. The summed E-state index contributed by atoms with van der Waals surface area (Å²) in [5.74, 6) is 1.40. The summed E-state index contributed by atoms with van der Waals surface area (Å²) in [6, 6.07) is 7.05. The monoisotopic (exact) mass is 313 g/mol. The van der Waals surface area contributed by atoms with Gasteiger partial charge in [0.2, 0.25) is 0 Å². The zero-order valence-corrected chi connectivity index (χ0v) is 12.9. The van der Waals surface area contributed by atoms with E-state index in [2.05, 4.69) is 9.97 Å². The fourth-order valence-corrected chi connectivity index (χ4v) is 2.81. The second-order valence-corrected chi connectivity index (χ2v) is 6.23. The topological polar surface area (TPSA) is 51.8 Å². The molecule has 0 radical (unpaired) electrons. The van der Waals surface area contributed by atoms with Gasteiger partial charge in [-0.2, -0.15) is 0 Å². The summed E-state index contributed by atoms with van der Waals surface area (Å²) >= 11 is 13.5. The molecule has 0 aliphatic rings. The van der Waals surface area contributed by atoms with Crippen molar-refractivity contribution in [3.8, 4) is 0 Å². The maximum atomic E-state index is 6.13. The molecular formula is C13H13Cl2N3S. The molecule has 0 spiro atoms. The first-order valence-corrected chi connectivity index (χ1v) is 7.30. The van der Waals surface area contributed by atoms with Crippen molar-refractivity contribution in [2.75, 3.05) is 5.73 Å². The normalized spacial score (nSPS) is 11.0. The number of nitrogens with two attached hydrogens (primary N) is 1. The van der Waals surface area contributed by atoms with Crippen molar-refractivity contribution in [2.45, 2.75) is 29.7 Å². The Hall–Kier alpha value is -0.970. The van der Waals surface area contributed by atoms with Crippen molar-refractivity contribution in [1.82, 2.24) is 9.97 Å². The number of halogens is 2. The number of hydrogen-bond acceptors (Lipinski definition) is 4. The standard InChI is InChI=1S/C13H13Cl2N3S/c1-7(2)13-17-11(16)6-12(18-13)19-10-5-8(14)3-4-9(10)15/h3-7H,1-2H3,(H2,16,17,18). The molecule has 0 bridgehead atoms. The van der Waals surface area contributed by atoms with E-state index in [0.29, 0.717) is 15.9 Å². The number of hydrogen-bond donors (Lipinski definition) is 1. The van der Waals surface area contributed by atoms with E-state index in [9.17, 15) is 0 Å². The Kier molecular flexibility index (Phi) is 4.55. The third-order valence-corrected chi connectivity index (χ3v) is 4.02. The molecule has 2 aromatic rings. The molecule has 0 aliphatic carbocycles. The van der Waals surface area contributed by atoms with Crippen LogP contribution in [0.25, 0.3) is 0 Å². The molecule has 1 aromatic carbocycles. The van der Waals surface area contributed by atoms with Gasteiger partial charge in [0, 0.05) is 21.9 Å². The van der Waals surface area contributed by atoms with E-state index < -0.39 is 0 Å². The van der Waals surface area contributed by atoms with Gasteiger partial charge in [0.05, 0.1) is 5.02 Å². The lowest BCUT2D eigenvalue weighted by Crippen LogP contribution is -2.02. The minimum Gasteiger partial charge on any atom is -0.384 e. The Morgan fingerprint density at radius 1 is 1.16 bits per heavy atom. The Morgan fingerprint density at radius 3 is 2.58 bits per heavy atom. The molecule has 1 aromatic heterocycles. The molecule has 6 heteroatoms. The van der Waals surface area contributed by atoms with E-state index in [1.807, 2.05) is 19.9 Å². The summed E-state index contributed by atoms with van der Waals surface area (Å²) in [4.78, 5) is 9.53.